The van der Waals surface area contributed by atoms with E-state index >= 15 is 0 Å². The van der Waals surface area contributed by atoms with Crippen molar-refractivity contribution in [3.05, 3.63) is 78.6 Å². The van der Waals surface area contributed by atoms with Crippen molar-refractivity contribution in [1.29, 1.82) is 0 Å². The summed E-state index contributed by atoms with van der Waals surface area (Å²) in [5.41, 5.74) is 0.899. The highest BCUT2D eigenvalue weighted by Gasteiger charge is 2.21. The van der Waals surface area contributed by atoms with E-state index in [2.05, 4.69) is 26.8 Å². The van der Waals surface area contributed by atoms with Crippen molar-refractivity contribution in [2.24, 2.45) is 0 Å². The number of benzene rings is 2. The van der Waals surface area contributed by atoms with Crippen LogP contribution in [0, 0.1) is 0 Å². The van der Waals surface area contributed by atoms with Gasteiger partial charge in [0.25, 0.3) is 0 Å². The Hall–Kier alpha value is -3.44. The summed E-state index contributed by atoms with van der Waals surface area (Å²) in [7, 11) is -2.31. The molecule has 0 aliphatic carbocycles. The number of thioether (sulfide) groups is 1. The largest absolute Gasteiger partial charge is 0.465 e. The third kappa shape index (κ3) is 6.30. The van der Waals surface area contributed by atoms with Crippen LogP contribution in [0.5, 0.6) is 0 Å². The van der Waals surface area contributed by atoms with E-state index in [1.807, 2.05) is 0 Å². The van der Waals surface area contributed by atoms with Gasteiger partial charge in [-0.3, -0.25) is 4.79 Å². The summed E-state index contributed by atoms with van der Waals surface area (Å²) in [6.07, 6.45) is 1.61. The van der Waals surface area contributed by atoms with Crippen LogP contribution in [0.2, 0.25) is 0 Å². The summed E-state index contributed by atoms with van der Waals surface area (Å²) in [5, 5.41) is 11.2. The van der Waals surface area contributed by atoms with E-state index in [0.29, 0.717) is 23.0 Å². The van der Waals surface area contributed by atoms with Gasteiger partial charge in [0.1, 0.15) is 11.6 Å². The van der Waals surface area contributed by atoms with Crippen molar-refractivity contribution >= 4 is 39.2 Å². The van der Waals surface area contributed by atoms with Crippen molar-refractivity contribution in [1.82, 2.24) is 14.8 Å². The highest BCUT2D eigenvalue weighted by molar-refractivity contribution is 7.99. The molecule has 0 atom stereocenters. The van der Waals surface area contributed by atoms with Gasteiger partial charge in [0, 0.05) is 12.2 Å². The number of hydrogen-bond acceptors (Lipinski definition) is 8. The number of aromatic nitrogens is 3. The van der Waals surface area contributed by atoms with E-state index in [4.69, 9.17) is 0 Å². The molecule has 1 aromatic heterocycles. The molecule has 0 fully saturated rings. The molecular weight excluding hydrogens is 464 g/mol. The van der Waals surface area contributed by atoms with Crippen LogP contribution in [0.25, 0.3) is 0 Å². The Labute approximate surface area is 195 Å². The van der Waals surface area contributed by atoms with Gasteiger partial charge in [-0.1, -0.05) is 36.0 Å². The van der Waals surface area contributed by atoms with Gasteiger partial charge in [-0.15, -0.1) is 16.8 Å². The number of ether oxygens (including phenoxy) is 1. The van der Waals surface area contributed by atoms with E-state index in [0.717, 1.165) is 11.8 Å². The van der Waals surface area contributed by atoms with E-state index in [9.17, 15) is 18.0 Å². The number of esters is 1. The third-order valence-electron chi connectivity index (χ3n) is 4.45. The van der Waals surface area contributed by atoms with Crippen molar-refractivity contribution in [2.45, 2.75) is 22.3 Å². The minimum absolute atomic E-state index is 0.0272. The Balaban J connectivity index is 1.66. The van der Waals surface area contributed by atoms with Gasteiger partial charge in [0.2, 0.25) is 5.91 Å². The van der Waals surface area contributed by atoms with Crippen LogP contribution in [-0.2, 0) is 31.7 Å². The number of rotatable bonds is 10. The Morgan fingerprint density at radius 1 is 1.12 bits per heavy atom. The average molecular weight is 487 g/mol. The van der Waals surface area contributed by atoms with E-state index in [1.54, 1.807) is 53.1 Å². The zero-order chi connectivity index (χ0) is 23.8. The zero-order valence-corrected chi connectivity index (χ0v) is 19.4. The van der Waals surface area contributed by atoms with Crippen LogP contribution >= 0.6 is 11.8 Å². The summed E-state index contributed by atoms with van der Waals surface area (Å²) < 4.78 is 31.7. The fraction of sp³-hybridized carbons (Fsp3) is 0.182. The van der Waals surface area contributed by atoms with Crippen LogP contribution in [0.4, 0.5) is 5.69 Å². The van der Waals surface area contributed by atoms with Crippen LogP contribution in [0.1, 0.15) is 16.2 Å². The third-order valence-corrected chi connectivity index (χ3v) is 7.04. The summed E-state index contributed by atoms with van der Waals surface area (Å²) in [5.74, 6) is -0.788. The molecule has 0 saturated carbocycles. The molecular formula is C22H22N4O5S2. The molecule has 0 radical (unpaired) electrons. The summed E-state index contributed by atoms with van der Waals surface area (Å²) in [6.45, 7) is 4.00. The predicted octanol–water partition coefficient (Wildman–Crippen LogP) is 2.96. The van der Waals surface area contributed by atoms with Gasteiger partial charge in [-0.25, -0.2) is 13.2 Å². The van der Waals surface area contributed by atoms with Crippen molar-refractivity contribution < 1.29 is 22.7 Å². The highest BCUT2D eigenvalue weighted by Crippen LogP contribution is 2.21. The number of hydrogen-bond donors (Lipinski definition) is 1. The topological polar surface area (TPSA) is 120 Å². The van der Waals surface area contributed by atoms with Gasteiger partial charge < -0.3 is 14.6 Å². The Bertz CT molecular complexity index is 1240. The lowest BCUT2D eigenvalue weighted by atomic mass is 10.2. The van der Waals surface area contributed by atoms with Crippen LogP contribution < -0.4 is 5.32 Å². The van der Waals surface area contributed by atoms with Crippen molar-refractivity contribution in [3.8, 4) is 0 Å². The molecule has 1 N–H and O–H groups in total. The van der Waals surface area contributed by atoms with Gasteiger partial charge in [-0.05, 0) is 36.4 Å². The van der Waals surface area contributed by atoms with E-state index < -0.39 is 15.8 Å². The number of anilines is 1. The second-order valence-corrected chi connectivity index (χ2v) is 9.71. The van der Waals surface area contributed by atoms with Gasteiger partial charge >= 0.3 is 5.97 Å². The first-order chi connectivity index (χ1) is 15.8. The Kier molecular flexibility index (Phi) is 8.01. The molecule has 11 heteroatoms. The first-order valence-electron chi connectivity index (χ1n) is 9.76. The molecule has 1 amide bonds. The predicted molar refractivity (Wildman–Crippen MR) is 125 cm³/mol. The normalized spacial score (nSPS) is 11.1. The Morgan fingerprint density at radius 2 is 1.82 bits per heavy atom. The monoisotopic (exact) mass is 486 g/mol. The van der Waals surface area contributed by atoms with Crippen LogP contribution in [0.3, 0.4) is 0 Å². The number of nitrogens with one attached hydrogen (secondary N) is 1. The molecule has 33 heavy (non-hydrogen) atoms. The first kappa shape index (κ1) is 24.2. The zero-order valence-electron chi connectivity index (χ0n) is 17.8. The lowest BCUT2D eigenvalue weighted by molar-refractivity contribution is -0.113. The minimum Gasteiger partial charge on any atom is -0.465 e. The number of sulfone groups is 1. The average Bonchev–Trinajstić information content (AvgIpc) is 3.19. The number of carbonyl (C=O) groups is 2. The lowest BCUT2D eigenvalue weighted by Crippen LogP contribution is -2.15. The molecule has 2 aromatic carbocycles. The molecule has 1 heterocycles. The smallest absolute Gasteiger partial charge is 0.337 e. The SMILES string of the molecule is C=CCn1c(CS(=O)(=O)c2ccccc2)nnc1SCC(=O)Nc1ccc(C(=O)OC)cc1. The summed E-state index contributed by atoms with van der Waals surface area (Å²) in [4.78, 5) is 24.0. The molecule has 172 valence electrons. The molecule has 0 spiro atoms. The fourth-order valence-corrected chi connectivity index (χ4v) is 4.92. The maximum atomic E-state index is 12.7. The van der Waals surface area contributed by atoms with Crippen LogP contribution in [-0.4, -0.2) is 47.9 Å². The van der Waals surface area contributed by atoms with Gasteiger partial charge in [-0.2, -0.15) is 0 Å². The summed E-state index contributed by atoms with van der Waals surface area (Å²) in [6, 6.07) is 14.4. The highest BCUT2D eigenvalue weighted by atomic mass is 32.2. The second kappa shape index (κ2) is 10.9. The number of nitrogens with zero attached hydrogens (tertiary/aromatic N) is 3. The van der Waals surface area contributed by atoms with Crippen molar-refractivity contribution in [2.75, 3.05) is 18.2 Å². The fourth-order valence-electron chi connectivity index (χ4n) is 2.86. The first-order valence-corrected chi connectivity index (χ1v) is 12.4. The molecule has 0 saturated heterocycles. The number of methoxy groups -OCH3 is 1. The molecule has 0 unspecified atom stereocenters. The lowest BCUT2D eigenvalue weighted by Gasteiger charge is -2.09. The standard InChI is InChI=1S/C22H22N4O5S2/c1-3-13-26-19(15-33(29,30)18-7-5-4-6-8-18)24-25-22(26)32-14-20(27)23-17-11-9-16(10-12-17)21(28)31-2/h3-12H,1,13-15H2,2H3,(H,23,27). The molecule has 0 bridgehead atoms. The number of amides is 1. The van der Waals surface area contributed by atoms with Crippen molar-refractivity contribution in [3.63, 3.8) is 0 Å². The molecule has 0 aliphatic heterocycles. The molecule has 9 nitrogen and oxygen atoms in total. The Morgan fingerprint density at radius 3 is 2.45 bits per heavy atom. The maximum Gasteiger partial charge on any atom is 0.337 e. The van der Waals surface area contributed by atoms with Gasteiger partial charge in [0.15, 0.2) is 15.0 Å². The second-order valence-electron chi connectivity index (χ2n) is 6.78. The van der Waals surface area contributed by atoms with E-state index in [-0.39, 0.29) is 28.1 Å². The summed E-state index contributed by atoms with van der Waals surface area (Å²) >= 11 is 1.13. The number of allylic oxidation sites excluding steroid dienone is 1. The quantitative estimate of drug-likeness (QED) is 0.264. The maximum absolute atomic E-state index is 12.7. The molecule has 3 aromatic rings. The number of carbonyl (C=O) groups excluding carboxylic acids is 2. The van der Waals surface area contributed by atoms with Crippen LogP contribution in [0.15, 0.2) is 77.3 Å². The molecule has 3 rings (SSSR count). The van der Waals surface area contributed by atoms with Gasteiger partial charge in [0.05, 0.1) is 23.3 Å². The molecule has 0 aliphatic rings. The van der Waals surface area contributed by atoms with E-state index in [1.165, 1.54) is 19.2 Å². The minimum atomic E-state index is -3.60.